The van der Waals surface area contributed by atoms with E-state index in [1.165, 1.54) is 16.5 Å². The van der Waals surface area contributed by atoms with E-state index in [-0.39, 0.29) is 11.9 Å². The van der Waals surface area contributed by atoms with Crippen LogP contribution in [-0.4, -0.2) is 11.8 Å². The Morgan fingerprint density at radius 3 is 2.76 bits per heavy atom. The lowest BCUT2D eigenvalue weighted by Crippen LogP contribution is -2.38. The summed E-state index contributed by atoms with van der Waals surface area (Å²) in [6.07, 6.45) is 0.758. The van der Waals surface area contributed by atoms with Crippen molar-refractivity contribution >= 4 is 27.7 Å². The Bertz CT molecular complexity index is 607. The van der Waals surface area contributed by atoms with Crippen molar-refractivity contribution < 1.29 is 4.39 Å². The molecule has 2 rings (SSSR count). The van der Waals surface area contributed by atoms with Crippen LogP contribution in [0.5, 0.6) is 0 Å². The van der Waals surface area contributed by atoms with Gasteiger partial charge in [-0.2, -0.15) is 0 Å². The van der Waals surface area contributed by atoms with Crippen LogP contribution in [-0.2, 0) is 6.42 Å². The fourth-order valence-corrected chi connectivity index (χ4v) is 3.50. The highest BCUT2D eigenvalue weighted by Gasteiger charge is 2.10. The molecule has 2 aromatic carbocycles. The molecule has 0 radical (unpaired) electrons. The molecule has 0 aliphatic carbocycles. The third-order valence-electron chi connectivity index (χ3n) is 3.14. The van der Waals surface area contributed by atoms with E-state index in [9.17, 15) is 4.39 Å². The third-order valence-corrected chi connectivity index (χ3v) is 4.91. The minimum Gasteiger partial charge on any atom is -0.271 e. The van der Waals surface area contributed by atoms with Crippen molar-refractivity contribution in [2.24, 2.45) is 5.84 Å². The molecule has 0 saturated carbocycles. The van der Waals surface area contributed by atoms with E-state index < -0.39 is 0 Å². The summed E-state index contributed by atoms with van der Waals surface area (Å²) in [6.45, 7) is 2.08. The molecule has 0 spiro atoms. The van der Waals surface area contributed by atoms with E-state index in [1.54, 1.807) is 23.9 Å². The number of hydrazine groups is 1. The predicted molar refractivity (Wildman–Crippen MR) is 90.8 cm³/mol. The Kier molecular flexibility index (Phi) is 6.23. The summed E-state index contributed by atoms with van der Waals surface area (Å²) < 4.78 is 13.7. The first-order valence-electron chi connectivity index (χ1n) is 6.68. The van der Waals surface area contributed by atoms with E-state index in [1.807, 2.05) is 0 Å². The highest BCUT2D eigenvalue weighted by Crippen LogP contribution is 2.22. The molecular weight excluding hydrogens is 351 g/mol. The molecule has 0 saturated heterocycles. The van der Waals surface area contributed by atoms with E-state index in [0.29, 0.717) is 4.47 Å². The second kappa shape index (κ2) is 7.94. The minimum absolute atomic E-state index is 0.132. The van der Waals surface area contributed by atoms with Gasteiger partial charge in [-0.1, -0.05) is 23.8 Å². The second-order valence-corrected chi connectivity index (χ2v) is 6.89. The Labute approximate surface area is 137 Å². The first-order chi connectivity index (χ1) is 10.1. The molecule has 0 bridgehead atoms. The quantitative estimate of drug-likeness (QED) is 0.458. The molecule has 0 amide bonds. The van der Waals surface area contributed by atoms with Crippen molar-refractivity contribution in [3.63, 3.8) is 0 Å². The van der Waals surface area contributed by atoms with Crippen LogP contribution in [0.1, 0.15) is 11.1 Å². The van der Waals surface area contributed by atoms with Crippen LogP contribution in [0, 0.1) is 12.7 Å². The van der Waals surface area contributed by atoms with Crippen LogP contribution in [0.15, 0.2) is 51.8 Å². The molecule has 112 valence electrons. The fourth-order valence-electron chi connectivity index (χ4n) is 2.02. The monoisotopic (exact) mass is 368 g/mol. The number of aryl methyl sites for hydroxylation is 1. The van der Waals surface area contributed by atoms with Crippen LogP contribution in [0.4, 0.5) is 4.39 Å². The van der Waals surface area contributed by atoms with E-state index in [4.69, 9.17) is 5.84 Å². The largest absolute Gasteiger partial charge is 0.271 e. The summed E-state index contributed by atoms with van der Waals surface area (Å²) in [6, 6.07) is 13.6. The van der Waals surface area contributed by atoms with Crippen LogP contribution < -0.4 is 11.3 Å². The maximum atomic E-state index is 13.2. The summed E-state index contributed by atoms with van der Waals surface area (Å²) in [5.74, 6) is 6.24. The molecule has 0 aliphatic rings. The zero-order valence-electron chi connectivity index (χ0n) is 11.8. The number of hydrogen-bond donors (Lipinski definition) is 2. The smallest absolute Gasteiger partial charge is 0.137 e. The lowest BCUT2D eigenvalue weighted by atomic mass is 10.1. The normalized spacial score (nSPS) is 12.4. The number of nitrogens with one attached hydrogen (secondary N) is 1. The number of benzene rings is 2. The van der Waals surface area contributed by atoms with Crippen LogP contribution in [0.3, 0.4) is 0 Å². The molecule has 2 aromatic rings. The Morgan fingerprint density at radius 2 is 2.10 bits per heavy atom. The molecule has 0 aromatic heterocycles. The number of thioether (sulfide) groups is 1. The first kappa shape index (κ1) is 16.5. The lowest BCUT2D eigenvalue weighted by molar-refractivity contribution is 0.573. The first-order valence-corrected chi connectivity index (χ1v) is 8.46. The summed E-state index contributed by atoms with van der Waals surface area (Å²) in [7, 11) is 0. The van der Waals surface area contributed by atoms with Crippen molar-refractivity contribution in [2.45, 2.75) is 24.3 Å². The van der Waals surface area contributed by atoms with Gasteiger partial charge in [0, 0.05) is 16.7 Å². The van der Waals surface area contributed by atoms with Gasteiger partial charge in [0.25, 0.3) is 0 Å². The van der Waals surface area contributed by atoms with E-state index >= 15 is 0 Å². The van der Waals surface area contributed by atoms with Gasteiger partial charge in [0.15, 0.2) is 0 Å². The molecule has 21 heavy (non-hydrogen) atoms. The van der Waals surface area contributed by atoms with Gasteiger partial charge in [0.05, 0.1) is 4.47 Å². The molecule has 0 aliphatic heterocycles. The average molecular weight is 369 g/mol. The van der Waals surface area contributed by atoms with Gasteiger partial charge in [-0.05, 0) is 59.1 Å². The number of nitrogens with two attached hydrogens (primary N) is 1. The summed E-state index contributed by atoms with van der Waals surface area (Å²) in [5.41, 5.74) is 5.14. The number of halogens is 2. The molecule has 0 fully saturated rings. The zero-order chi connectivity index (χ0) is 15.2. The van der Waals surface area contributed by atoms with Crippen molar-refractivity contribution in [3.8, 4) is 0 Å². The van der Waals surface area contributed by atoms with E-state index in [0.717, 1.165) is 17.7 Å². The van der Waals surface area contributed by atoms with Gasteiger partial charge < -0.3 is 0 Å². The van der Waals surface area contributed by atoms with Gasteiger partial charge in [0.2, 0.25) is 0 Å². The second-order valence-electron chi connectivity index (χ2n) is 4.94. The lowest BCUT2D eigenvalue weighted by Gasteiger charge is -2.16. The minimum atomic E-state index is -0.245. The van der Waals surface area contributed by atoms with Gasteiger partial charge in [-0.3, -0.25) is 11.3 Å². The number of hydrogen-bond acceptors (Lipinski definition) is 3. The molecule has 1 atom stereocenters. The van der Waals surface area contributed by atoms with Gasteiger partial charge in [-0.25, -0.2) is 4.39 Å². The fraction of sp³-hybridized carbons (Fsp3) is 0.250. The van der Waals surface area contributed by atoms with Crippen LogP contribution in [0.25, 0.3) is 0 Å². The van der Waals surface area contributed by atoms with Gasteiger partial charge >= 0.3 is 0 Å². The van der Waals surface area contributed by atoms with Crippen molar-refractivity contribution in [2.75, 3.05) is 5.75 Å². The summed E-state index contributed by atoms with van der Waals surface area (Å²) in [4.78, 5) is 1.23. The topological polar surface area (TPSA) is 38.0 Å². The molecule has 2 nitrogen and oxygen atoms in total. The average Bonchev–Trinajstić information content (AvgIpc) is 2.47. The molecule has 0 heterocycles. The third kappa shape index (κ3) is 5.11. The zero-order valence-corrected chi connectivity index (χ0v) is 14.2. The maximum Gasteiger partial charge on any atom is 0.137 e. The summed E-state index contributed by atoms with van der Waals surface area (Å²) >= 11 is 4.98. The number of rotatable bonds is 6. The highest BCUT2D eigenvalue weighted by molar-refractivity contribution is 9.10. The molecular formula is C16H18BrFN2S. The Hall–Kier alpha value is -0.880. The molecule has 5 heteroatoms. The molecule has 1 unspecified atom stereocenters. The Balaban J connectivity index is 1.95. The highest BCUT2D eigenvalue weighted by atomic mass is 79.9. The predicted octanol–water partition coefficient (Wildman–Crippen LogP) is 4.06. The van der Waals surface area contributed by atoms with Crippen LogP contribution >= 0.6 is 27.7 Å². The summed E-state index contributed by atoms with van der Waals surface area (Å²) in [5, 5.41) is 0. The van der Waals surface area contributed by atoms with Crippen molar-refractivity contribution in [3.05, 3.63) is 63.9 Å². The van der Waals surface area contributed by atoms with Gasteiger partial charge in [0.1, 0.15) is 5.82 Å². The van der Waals surface area contributed by atoms with Gasteiger partial charge in [-0.15, -0.1) is 11.8 Å². The molecule has 3 N–H and O–H groups in total. The van der Waals surface area contributed by atoms with Crippen LogP contribution in [0.2, 0.25) is 0 Å². The Morgan fingerprint density at radius 1 is 1.29 bits per heavy atom. The standard InChI is InChI=1S/C16H18BrFN2S/c1-11-3-2-4-14(7-11)21-10-13(20-19)8-12-5-6-16(18)15(17)9-12/h2-7,9,13,20H,8,10,19H2,1H3. The maximum absolute atomic E-state index is 13.2. The van der Waals surface area contributed by atoms with Crippen molar-refractivity contribution in [1.29, 1.82) is 0 Å². The van der Waals surface area contributed by atoms with E-state index in [2.05, 4.69) is 52.5 Å². The SMILES string of the molecule is Cc1cccc(SCC(Cc2ccc(F)c(Br)c2)NN)c1. The van der Waals surface area contributed by atoms with Crippen molar-refractivity contribution in [1.82, 2.24) is 5.43 Å².